The van der Waals surface area contributed by atoms with Gasteiger partial charge in [-0.05, 0) is 50.9 Å². The number of hydrogen-bond acceptors (Lipinski definition) is 4. The maximum absolute atomic E-state index is 12.2. The van der Waals surface area contributed by atoms with Crippen molar-refractivity contribution in [1.82, 2.24) is 0 Å². The Morgan fingerprint density at radius 2 is 2.10 bits per heavy atom. The van der Waals surface area contributed by atoms with Crippen LogP contribution in [0.3, 0.4) is 0 Å². The lowest BCUT2D eigenvalue weighted by Crippen LogP contribution is -2.32. The molecule has 0 bridgehead atoms. The fourth-order valence-electron chi connectivity index (χ4n) is 4.20. The molecule has 7 unspecified atom stereocenters. The lowest BCUT2D eigenvalue weighted by molar-refractivity contribution is -0.152. The Morgan fingerprint density at radius 1 is 1.30 bits per heavy atom. The van der Waals surface area contributed by atoms with Crippen molar-refractivity contribution in [3.05, 3.63) is 0 Å². The minimum atomic E-state index is -0.0326. The number of epoxide rings is 2. The van der Waals surface area contributed by atoms with E-state index in [2.05, 4.69) is 13.8 Å². The maximum atomic E-state index is 12.2. The van der Waals surface area contributed by atoms with Gasteiger partial charge < -0.3 is 14.2 Å². The average Bonchev–Trinajstić information content (AvgIpc) is 3.28. The number of carbonyl (C=O) groups excluding carboxylic acids is 1. The lowest BCUT2D eigenvalue weighted by atomic mass is 9.80. The summed E-state index contributed by atoms with van der Waals surface area (Å²) in [6, 6.07) is 0. The number of rotatable bonds is 3. The van der Waals surface area contributed by atoms with Crippen LogP contribution in [-0.4, -0.2) is 36.5 Å². The summed E-state index contributed by atoms with van der Waals surface area (Å²) in [5.74, 6) is 1.12. The Hall–Kier alpha value is -0.610. The fraction of sp³-hybridized carbons (Fsp3) is 0.938. The molecule has 112 valence electrons. The van der Waals surface area contributed by atoms with Gasteiger partial charge >= 0.3 is 5.97 Å². The maximum Gasteiger partial charge on any atom is 0.309 e. The van der Waals surface area contributed by atoms with E-state index >= 15 is 0 Å². The first-order valence-electron chi connectivity index (χ1n) is 8.05. The van der Waals surface area contributed by atoms with E-state index in [1.54, 1.807) is 0 Å². The van der Waals surface area contributed by atoms with Crippen LogP contribution in [0, 0.1) is 17.8 Å². The predicted octanol–water partition coefficient (Wildman–Crippen LogP) is 2.30. The van der Waals surface area contributed by atoms with E-state index in [9.17, 15) is 4.79 Å². The van der Waals surface area contributed by atoms with E-state index in [1.807, 2.05) is 0 Å². The zero-order valence-corrected chi connectivity index (χ0v) is 12.3. The van der Waals surface area contributed by atoms with Crippen molar-refractivity contribution in [2.75, 3.05) is 6.61 Å². The quantitative estimate of drug-likeness (QED) is 0.588. The van der Waals surface area contributed by atoms with Crippen molar-refractivity contribution in [3.63, 3.8) is 0 Å². The number of fused-ring (bicyclic) bond motifs is 2. The highest BCUT2D eigenvalue weighted by atomic mass is 16.6. The Balaban J connectivity index is 1.27. The molecule has 2 aliphatic carbocycles. The standard InChI is InChI=1S/C16H24O4/c1-9-5-12-13(19-12)6-11(9)8-18-15(17)10-3-4-14-16(2,7-10)20-14/h9-14H,3-8H2,1-2H3. The molecule has 0 aromatic rings. The van der Waals surface area contributed by atoms with Crippen molar-refractivity contribution < 1.29 is 19.0 Å². The fourth-order valence-corrected chi connectivity index (χ4v) is 4.20. The molecule has 20 heavy (non-hydrogen) atoms. The van der Waals surface area contributed by atoms with E-state index in [-0.39, 0.29) is 17.5 Å². The van der Waals surface area contributed by atoms with Gasteiger partial charge in [-0.15, -0.1) is 0 Å². The second kappa shape index (κ2) is 4.44. The van der Waals surface area contributed by atoms with E-state index < -0.39 is 0 Å². The minimum absolute atomic E-state index is 0.00814. The van der Waals surface area contributed by atoms with Crippen molar-refractivity contribution in [3.8, 4) is 0 Å². The molecule has 2 saturated carbocycles. The third-order valence-electron chi connectivity index (χ3n) is 5.87. The lowest BCUT2D eigenvalue weighted by Gasteiger charge is -2.27. The minimum Gasteiger partial charge on any atom is -0.465 e. The molecule has 4 aliphatic rings. The number of hydrogen-bond donors (Lipinski definition) is 0. The summed E-state index contributed by atoms with van der Waals surface area (Å²) in [5, 5.41) is 0. The molecule has 4 fully saturated rings. The molecule has 4 nitrogen and oxygen atoms in total. The highest BCUT2D eigenvalue weighted by molar-refractivity contribution is 5.73. The van der Waals surface area contributed by atoms with Crippen LogP contribution in [0.2, 0.25) is 0 Å². The molecule has 2 aliphatic heterocycles. The Morgan fingerprint density at radius 3 is 2.90 bits per heavy atom. The van der Waals surface area contributed by atoms with Gasteiger partial charge in [-0.2, -0.15) is 0 Å². The summed E-state index contributed by atoms with van der Waals surface area (Å²) in [5.41, 5.74) is -0.0326. The van der Waals surface area contributed by atoms with Crippen LogP contribution >= 0.6 is 0 Å². The third-order valence-corrected chi connectivity index (χ3v) is 5.87. The summed E-state index contributed by atoms with van der Waals surface area (Å²) in [7, 11) is 0. The molecule has 4 rings (SSSR count). The summed E-state index contributed by atoms with van der Waals surface area (Å²) >= 11 is 0. The van der Waals surface area contributed by atoms with Crippen molar-refractivity contribution in [2.24, 2.45) is 17.8 Å². The highest BCUT2D eigenvalue weighted by Gasteiger charge is 2.57. The van der Waals surface area contributed by atoms with Gasteiger partial charge in [-0.25, -0.2) is 0 Å². The van der Waals surface area contributed by atoms with Gasteiger partial charge in [0.25, 0.3) is 0 Å². The number of carbonyl (C=O) groups is 1. The zero-order valence-electron chi connectivity index (χ0n) is 12.3. The molecule has 0 spiro atoms. The van der Waals surface area contributed by atoms with Crippen LogP contribution in [0.4, 0.5) is 0 Å². The second-order valence-electron chi connectivity index (χ2n) is 7.45. The van der Waals surface area contributed by atoms with E-state index in [1.165, 1.54) is 0 Å². The summed E-state index contributed by atoms with van der Waals surface area (Å²) in [6.07, 6.45) is 6.30. The average molecular weight is 280 g/mol. The predicted molar refractivity (Wildman–Crippen MR) is 72.1 cm³/mol. The molecule has 2 saturated heterocycles. The molecule has 0 amide bonds. The van der Waals surface area contributed by atoms with Crippen LogP contribution in [0.1, 0.15) is 46.0 Å². The van der Waals surface area contributed by atoms with Crippen LogP contribution in [-0.2, 0) is 19.0 Å². The van der Waals surface area contributed by atoms with Crippen LogP contribution in [0.15, 0.2) is 0 Å². The molecule has 0 N–H and O–H groups in total. The van der Waals surface area contributed by atoms with E-state index in [4.69, 9.17) is 14.2 Å². The molecule has 0 radical (unpaired) electrons. The van der Waals surface area contributed by atoms with Crippen LogP contribution in [0.25, 0.3) is 0 Å². The second-order valence-corrected chi connectivity index (χ2v) is 7.45. The van der Waals surface area contributed by atoms with Gasteiger partial charge in [0.1, 0.15) is 0 Å². The van der Waals surface area contributed by atoms with Gasteiger partial charge in [0.2, 0.25) is 0 Å². The summed E-state index contributed by atoms with van der Waals surface area (Å²) in [4.78, 5) is 12.2. The zero-order chi connectivity index (χ0) is 13.9. The van der Waals surface area contributed by atoms with Crippen molar-refractivity contribution >= 4 is 5.97 Å². The molecular formula is C16H24O4. The van der Waals surface area contributed by atoms with Gasteiger partial charge in [-0.1, -0.05) is 6.92 Å². The van der Waals surface area contributed by atoms with Gasteiger partial charge in [0.05, 0.1) is 36.4 Å². The third kappa shape index (κ3) is 2.27. The smallest absolute Gasteiger partial charge is 0.309 e. The van der Waals surface area contributed by atoms with Crippen molar-refractivity contribution in [2.45, 2.75) is 69.9 Å². The first kappa shape index (κ1) is 13.1. The summed E-state index contributed by atoms with van der Waals surface area (Å²) in [6.45, 7) is 4.94. The van der Waals surface area contributed by atoms with Gasteiger partial charge in [0, 0.05) is 0 Å². The Kier molecular flexibility index (Phi) is 2.90. The first-order chi connectivity index (χ1) is 9.55. The number of ether oxygens (including phenoxy) is 3. The molecule has 7 atom stereocenters. The number of esters is 1. The normalized spacial score (nSPS) is 52.7. The van der Waals surface area contributed by atoms with E-state index in [0.29, 0.717) is 36.8 Å². The van der Waals surface area contributed by atoms with Gasteiger partial charge in [0.15, 0.2) is 0 Å². The van der Waals surface area contributed by atoms with Gasteiger partial charge in [-0.3, -0.25) is 4.79 Å². The van der Waals surface area contributed by atoms with Crippen LogP contribution < -0.4 is 0 Å². The largest absolute Gasteiger partial charge is 0.465 e. The summed E-state index contributed by atoms with van der Waals surface area (Å²) < 4.78 is 16.8. The molecule has 4 heteroatoms. The highest BCUT2D eigenvalue weighted by Crippen LogP contribution is 2.49. The molecule has 0 aromatic carbocycles. The topological polar surface area (TPSA) is 51.4 Å². The van der Waals surface area contributed by atoms with Crippen LogP contribution in [0.5, 0.6) is 0 Å². The SMILES string of the molecule is CC1CC2OC2CC1COC(=O)C1CCC2OC2(C)C1. The molecular weight excluding hydrogens is 256 g/mol. The Labute approximate surface area is 120 Å². The first-order valence-corrected chi connectivity index (χ1v) is 8.05. The Bertz CT molecular complexity index is 423. The molecule has 0 aromatic heterocycles. The van der Waals surface area contributed by atoms with Crippen molar-refractivity contribution in [1.29, 1.82) is 0 Å². The monoisotopic (exact) mass is 280 g/mol. The van der Waals surface area contributed by atoms with E-state index in [0.717, 1.165) is 32.1 Å². The molecule has 2 heterocycles.